The normalized spacial score (nSPS) is 10.7. The zero-order valence-electron chi connectivity index (χ0n) is 13.4. The highest BCUT2D eigenvalue weighted by molar-refractivity contribution is 7.98. The number of rotatable bonds is 6. The van der Waals surface area contributed by atoms with Crippen molar-refractivity contribution in [1.29, 1.82) is 0 Å². The van der Waals surface area contributed by atoms with Gasteiger partial charge in [0.25, 0.3) is 5.91 Å². The van der Waals surface area contributed by atoms with E-state index in [9.17, 15) is 4.79 Å². The van der Waals surface area contributed by atoms with Gasteiger partial charge in [0, 0.05) is 13.6 Å². The van der Waals surface area contributed by atoms with Crippen molar-refractivity contribution in [3.63, 3.8) is 0 Å². The van der Waals surface area contributed by atoms with Gasteiger partial charge in [-0.05, 0) is 31.7 Å². The van der Waals surface area contributed by atoms with E-state index in [-0.39, 0.29) is 5.91 Å². The third-order valence-electron chi connectivity index (χ3n) is 3.40. The van der Waals surface area contributed by atoms with E-state index in [0.29, 0.717) is 27.9 Å². The molecule has 118 valence electrons. The number of aryl methyl sites for hydroxylation is 1. The molecule has 0 spiro atoms. The van der Waals surface area contributed by atoms with Crippen LogP contribution in [0.4, 0.5) is 0 Å². The molecule has 6 heteroatoms. The molecule has 0 aliphatic carbocycles. The lowest BCUT2D eigenvalue weighted by atomic mass is 10.2. The minimum atomic E-state index is -0.0266. The predicted molar refractivity (Wildman–Crippen MR) is 88.1 cm³/mol. The minimum absolute atomic E-state index is 0.0266. The highest BCUT2D eigenvalue weighted by Crippen LogP contribution is 2.26. The van der Waals surface area contributed by atoms with Crippen molar-refractivity contribution >= 4 is 17.7 Å². The van der Waals surface area contributed by atoms with Crippen LogP contribution in [0.15, 0.2) is 27.8 Å². The fourth-order valence-corrected chi connectivity index (χ4v) is 2.76. The Labute approximate surface area is 135 Å². The molecule has 0 N–H and O–H groups in total. The molecule has 0 aromatic carbocycles. The summed E-state index contributed by atoms with van der Waals surface area (Å²) in [6.07, 6.45) is 5.54. The summed E-state index contributed by atoms with van der Waals surface area (Å²) in [5.74, 6) is 1.10. The van der Waals surface area contributed by atoms with Gasteiger partial charge in [0.2, 0.25) is 0 Å². The summed E-state index contributed by atoms with van der Waals surface area (Å²) >= 11 is 1.45. The van der Waals surface area contributed by atoms with Crippen LogP contribution in [0.1, 0.15) is 35.8 Å². The maximum atomic E-state index is 12.7. The van der Waals surface area contributed by atoms with E-state index in [4.69, 9.17) is 4.42 Å². The molecule has 0 bridgehead atoms. The molecule has 1 amide bonds. The zero-order valence-corrected chi connectivity index (χ0v) is 14.2. The molecule has 2 heterocycles. The number of thioether (sulfide) groups is 1. The number of aromatic nitrogens is 2. The second-order valence-corrected chi connectivity index (χ2v) is 5.87. The van der Waals surface area contributed by atoms with Gasteiger partial charge in [-0.2, -0.15) is 0 Å². The summed E-state index contributed by atoms with van der Waals surface area (Å²) in [4.78, 5) is 23.3. The summed E-state index contributed by atoms with van der Waals surface area (Å²) in [6, 6.07) is 3.61. The van der Waals surface area contributed by atoms with Crippen LogP contribution >= 0.6 is 11.8 Å². The molecule has 2 aromatic heterocycles. The molecule has 0 radical (unpaired) electrons. The van der Waals surface area contributed by atoms with Crippen molar-refractivity contribution in [2.75, 3.05) is 19.8 Å². The highest BCUT2D eigenvalue weighted by atomic mass is 32.2. The Balaban J connectivity index is 2.37. The lowest BCUT2D eigenvalue weighted by molar-refractivity contribution is 0.0787. The molecule has 0 saturated carbocycles. The Kier molecular flexibility index (Phi) is 5.60. The molecule has 0 aliphatic heterocycles. The average molecular weight is 319 g/mol. The molecular weight excluding hydrogens is 298 g/mol. The summed E-state index contributed by atoms with van der Waals surface area (Å²) < 4.78 is 5.35. The Morgan fingerprint density at radius 1 is 1.41 bits per heavy atom. The number of unbranched alkanes of at least 4 members (excludes halogenated alkanes) is 1. The van der Waals surface area contributed by atoms with Crippen LogP contribution in [0.2, 0.25) is 0 Å². The second kappa shape index (κ2) is 7.45. The maximum Gasteiger partial charge on any atom is 0.258 e. The van der Waals surface area contributed by atoms with Crippen molar-refractivity contribution in [1.82, 2.24) is 14.9 Å². The van der Waals surface area contributed by atoms with Gasteiger partial charge in [0.15, 0.2) is 11.6 Å². The number of carbonyl (C=O) groups excluding carboxylic acids is 1. The Bertz CT molecular complexity index is 641. The average Bonchev–Trinajstić information content (AvgIpc) is 3.05. The van der Waals surface area contributed by atoms with Gasteiger partial charge < -0.3 is 9.32 Å². The Morgan fingerprint density at radius 2 is 2.18 bits per heavy atom. The first-order chi connectivity index (χ1) is 10.6. The monoisotopic (exact) mass is 319 g/mol. The van der Waals surface area contributed by atoms with E-state index in [2.05, 4.69) is 16.9 Å². The van der Waals surface area contributed by atoms with E-state index in [1.54, 1.807) is 17.2 Å². The number of nitrogens with zero attached hydrogens (tertiary/aromatic N) is 3. The van der Waals surface area contributed by atoms with E-state index in [1.807, 2.05) is 26.3 Å². The predicted octanol–water partition coefficient (Wildman–Crippen LogP) is 3.64. The first-order valence-electron chi connectivity index (χ1n) is 7.30. The van der Waals surface area contributed by atoms with Gasteiger partial charge in [-0.15, -0.1) is 11.8 Å². The maximum absolute atomic E-state index is 12.7. The largest absolute Gasteiger partial charge is 0.461 e. The molecule has 2 aromatic rings. The van der Waals surface area contributed by atoms with Crippen LogP contribution in [-0.2, 0) is 0 Å². The fourth-order valence-electron chi connectivity index (χ4n) is 2.14. The molecule has 22 heavy (non-hydrogen) atoms. The summed E-state index contributed by atoms with van der Waals surface area (Å²) in [5.41, 5.74) is 1.26. The number of hydrogen-bond donors (Lipinski definition) is 0. The van der Waals surface area contributed by atoms with Crippen molar-refractivity contribution < 1.29 is 9.21 Å². The van der Waals surface area contributed by atoms with Crippen molar-refractivity contribution in [3.8, 4) is 11.6 Å². The summed E-state index contributed by atoms with van der Waals surface area (Å²) in [5, 5.41) is 0.687. The van der Waals surface area contributed by atoms with Crippen molar-refractivity contribution in [2.24, 2.45) is 0 Å². The van der Waals surface area contributed by atoms with Crippen molar-refractivity contribution in [3.05, 3.63) is 29.7 Å². The Hall–Kier alpha value is -1.82. The Morgan fingerprint density at radius 3 is 2.77 bits per heavy atom. The summed E-state index contributed by atoms with van der Waals surface area (Å²) in [6.45, 7) is 4.69. The van der Waals surface area contributed by atoms with Gasteiger partial charge >= 0.3 is 0 Å². The molecule has 0 saturated heterocycles. The van der Waals surface area contributed by atoms with E-state index in [0.717, 1.165) is 19.4 Å². The topological polar surface area (TPSA) is 59.2 Å². The number of hydrogen-bond acceptors (Lipinski definition) is 5. The fraction of sp³-hybridized carbons (Fsp3) is 0.438. The SMILES string of the molecule is CCCCN(C)C(=O)c1c(C)nc(-c2ccco2)nc1SC. The van der Waals surface area contributed by atoms with Gasteiger partial charge in [-0.1, -0.05) is 13.3 Å². The summed E-state index contributed by atoms with van der Waals surface area (Å²) in [7, 11) is 1.82. The third-order valence-corrected chi connectivity index (χ3v) is 4.08. The minimum Gasteiger partial charge on any atom is -0.461 e. The van der Waals surface area contributed by atoms with Gasteiger partial charge in [0.05, 0.1) is 17.5 Å². The van der Waals surface area contributed by atoms with Crippen LogP contribution in [-0.4, -0.2) is 40.6 Å². The van der Waals surface area contributed by atoms with Crippen molar-refractivity contribution in [2.45, 2.75) is 31.7 Å². The number of amides is 1. The first kappa shape index (κ1) is 16.5. The molecule has 5 nitrogen and oxygen atoms in total. The molecule has 0 aliphatic rings. The molecule has 2 rings (SSSR count). The van der Waals surface area contributed by atoms with E-state index in [1.165, 1.54) is 11.8 Å². The van der Waals surface area contributed by atoms with Crippen LogP contribution < -0.4 is 0 Å². The highest BCUT2D eigenvalue weighted by Gasteiger charge is 2.22. The van der Waals surface area contributed by atoms with Crippen LogP contribution in [0.3, 0.4) is 0 Å². The standard InChI is InChI=1S/C16H21N3O2S/c1-5-6-9-19(3)16(20)13-11(2)17-14(18-15(13)22-4)12-8-7-10-21-12/h7-8,10H,5-6,9H2,1-4H3. The van der Waals surface area contributed by atoms with E-state index < -0.39 is 0 Å². The molecular formula is C16H21N3O2S. The molecule has 0 atom stereocenters. The molecule has 0 fully saturated rings. The van der Waals surface area contributed by atoms with Gasteiger partial charge in [-0.25, -0.2) is 9.97 Å². The quantitative estimate of drug-likeness (QED) is 0.601. The second-order valence-electron chi connectivity index (χ2n) is 5.07. The third kappa shape index (κ3) is 3.50. The van der Waals surface area contributed by atoms with E-state index >= 15 is 0 Å². The smallest absolute Gasteiger partial charge is 0.258 e. The zero-order chi connectivity index (χ0) is 16.1. The number of carbonyl (C=O) groups is 1. The van der Waals surface area contributed by atoms with Crippen LogP contribution in [0, 0.1) is 6.92 Å². The molecule has 0 unspecified atom stereocenters. The van der Waals surface area contributed by atoms with Crippen LogP contribution in [0.25, 0.3) is 11.6 Å². The van der Waals surface area contributed by atoms with Gasteiger partial charge in [0.1, 0.15) is 5.03 Å². The lowest BCUT2D eigenvalue weighted by Crippen LogP contribution is -2.29. The van der Waals surface area contributed by atoms with Gasteiger partial charge in [-0.3, -0.25) is 4.79 Å². The van der Waals surface area contributed by atoms with Crippen LogP contribution in [0.5, 0.6) is 0 Å². The first-order valence-corrected chi connectivity index (χ1v) is 8.52. The lowest BCUT2D eigenvalue weighted by Gasteiger charge is -2.19. The number of furan rings is 1.